The number of β-lactam (4-membered cyclic amide) rings is 1. The average molecular weight is 430 g/mol. The number of ether oxygens (including phenoxy) is 1. The van der Waals surface area contributed by atoms with Crippen molar-refractivity contribution in [1.82, 2.24) is 10.2 Å². The Kier molecular flexibility index (Phi) is 5.60. The van der Waals surface area contributed by atoms with Gasteiger partial charge in [0.05, 0.1) is 24.2 Å². The number of carbonyl (C=O) groups excluding carboxylic acids is 3. The monoisotopic (exact) mass is 429 g/mol. The fraction of sp³-hybridized carbons (Fsp3) is 0.353. The van der Waals surface area contributed by atoms with Crippen LogP contribution < -0.4 is 11.1 Å². The number of thioether (sulfide) groups is 1. The number of amides is 2. The van der Waals surface area contributed by atoms with E-state index in [1.165, 1.54) is 23.8 Å². The molecule has 1 saturated heterocycles. The summed E-state index contributed by atoms with van der Waals surface area (Å²) in [5.41, 5.74) is 7.48. The number of hydrogen-bond donors (Lipinski definition) is 2. The van der Waals surface area contributed by atoms with E-state index in [1.54, 1.807) is 19.1 Å². The first kappa shape index (κ1) is 19.9. The Morgan fingerprint density at radius 1 is 1.41 bits per heavy atom. The lowest BCUT2D eigenvalue weighted by molar-refractivity contribution is -0.151. The first-order valence-corrected chi connectivity index (χ1v) is 9.81. The standard InChI is InChI=1S/C17H17Cl2N3O4S/c1-7-6-27-16-13(15(24)22(16)14(7)17(25)26-2)21-11(23)5-8-9(18)3-4-10(20)12(8)19/h3-4,13,16H,5-6,20H2,1-2H3,(H,21,23). The van der Waals surface area contributed by atoms with Crippen LogP contribution in [0, 0.1) is 0 Å². The van der Waals surface area contributed by atoms with Crippen molar-refractivity contribution in [3.05, 3.63) is 39.0 Å². The van der Waals surface area contributed by atoms with E-state index >= 15 is 0 Å². The van der Waals surface area contributed by atoms with Gasteiger partial charge >= 0.3 is 5.97 Å². The predicted octanol–water partition coefficient (Wildman–Crippen LogP) is 1.96. The molecule has 0 saturated carbocycles. The van der Waals surface area contributed by atoms with E-state index < -0.39 is 17.9 Å². The van der Waals surface area contributed by atoms with E-state index in [4.69, 9.17) is 33.7 Å². The van der Waals surface area contributed by atoms with Crippen molar-refractivity contribution in [1.29, 1.82) is 0 Å². The first-order chi connectivity index (χ1) is 12.8. The fourth-order valence-electron chi connectivity index (χ4n) is 3.02. The van der Waals surface area contributed by atoms with Gasteiger partial charge in [-0.1, -0.05) is 23.2 Å². The SMILES string of the molecule is COC(=O)C1=C(C)CSC2C(NC(=O)Cc3c(Cl)ccc(N)c3Cl)C(=O)N12. The van der Waals surface area contributed by atoms with Crippen LogP contribution in [0.25, 0.3) is 0 Å². The molecule has 27 heavy (non-hydrogen) atoms. The summed E-state index contributed by atoms with van der Waals surface area (Å²) in [6.45, 7) is 1.78. The molecule has 2 atom stereocenters. The van der Waals surface area contributed by atoms with Crippen LogP contribution >= 0.6 is 35.0 Å². The molecule has 1 fully saturated rings. The Bertz CT molecular complexity index is 874. The molecule has 1 aromatic carbocycles. The number of nitrogens with one attached hydrogen (secondary N) is 1. The highest BCUT2D eigenvalue weighted by Gasteiger charge is 2.53. The number of nitrogen functional groups attached to an aromatic ring is 1. The third kappa shape index (κ3) is 3.49. The minimum absolute atomic E-state index is 0.109. The molecule has 10 heteroatoms. The van der Waals surface area contributed by atoms with Gasteiger partial charge in [-0.3, -0.25) is 14.5 Å². The van der Waals surface area contributed by atoms with E-state index in [0.29, 0.717) is 22.0 Å². The lowest BCUT2D eigenvalue weighted by Crippen LogP contribution is -2.70. The van der Waals surface area contributed by atoms with Crippen LogP contribution in [0.4, 0.5) is 5.69 Å². The molecule has 7 nitrogen and oxygen atoms in total. The van der Waals surface area contributed by atoms with Gasteiger partial charge in [0, 0.05) is 16.3 Å². The van der Waals surface area contributed by atoms with Crippen molar-refractivity contribution in [2.45, 2.75) is 24.8 Å². The Labute approximate surface area is 170 Å². The van der Waals surface area contributed by atoms with E-state index in [-0.39, 0.29) is 28.4 Å². The molecule has 0 aromatic heterocycles. The molecule has 0 bridgehead atoms. The number of carbonyl (C=O) groups is 3. The van der Waals surface area contributed by atoms with E-state index in [0.717, 1.165) is 5.57 Å². The van der Waals surface area contributed by atoms with Crippen molar-refractivity contribution in [2.75, 3.05) is 18.6 Å². The molecule has 1 aromatic rings. The highest BCUT2D eigenvalue weighted by Crippen LogP contribution is 2.40. The van der Waals surface area contributed by atoms with Crippen molar-refractivity contribution in [3.8, 4) is 0 Å². The third-order valence-corrected chi connectivity index (χ3v) is 6.63. The number of halogens is 2. The second-order valence-corrected chi connectivity index (χ2v) is 8.07. The van der Waals surface area contributed by atoms with Crippen LogP contribution in [0.1, 0.15) is 12.5 Å². The van der Waals surface area contributed by atoms with Gasteiger partial charge < -0.3 is 15.8 Å². The topological polar surface area (TPSA) is 102 Å². The molecule has 2 amide bonds. The number of benzene rings is 1. The summed E-state index contributed by atoms with van der Waals surface area (Å²) >= 11 is 13.7. The van der Waals surface area contributed by atoms with E-state index in [9.17, 15) is 14.4 Å². The smallest absolute Gasteiger partial charge is 0.354 e. The summed E-state index contributed by atoms with van der Waals surface area (Å²) in [7, 11) is 1.27. The molecule has 0 aliphatic carbocycles. The summed E-state index contributed by atoms with van der Waals surface area (Å²) in [5, 5.41) is 2.88. The number of nitrogens with zero attached hydrogens (tertiary/aromatic N) is 1. The molecule has 2 heterocycles. The maximum Gasteiger partial charge on any atom is 0.354 e. The molecule has 0 spiro atoms. The van der Waals surface area contributed by atoms with E-state index in [2.05, 4.69) is 5.32 Å². The molecule has 0 radical (unpaired) electrons. The number of anilines is 1. The minimum atomic E-state index is -0.728. The van der Waals surface area contributed by atoms with Gasteiger partial charge in [0.25, 0.3) is 5.91 Å². The quantitative estimate of drug-likeness (QED) is 0.430. The van der Waals surface area contributed by atoms with Crippen LogP contribution in [0.15, 0.2) is 23.4 Å². The summed E-state index contributed by atoms with van der Waals surface area (Å²) < 4.78 is 4.77. The summed E-state index contributed by atoms with van der Waals surface area (Å²) in [6.07, 6.45) is -0.109. The number of nitrogens with two attached hydrogens (primary N) is 1. The normalized spacial score (nSPS) is 21.5. The molecule has 2 aliphatic rings. The minimum Gasteiger partial charge on any atom is -0.464 e. The number of fused-ring (bicyclic) bond motifs is 1. The first-order valence-electron chi connectivity index (χ1n) is 8.00. The zero-order chi connectivity index (χ0) is 19.9. The fourth-order valence-corrected chi connectivity index (χ4v) is 4.82. The van der Waals surface area contributed by atoms with Crippen molar-refractivity contribution >= 4 is 58.4 Å². The van der Waals surface area contributed by atoms with Gasteiger partial charge in [-0.2, -0.15) is 0 Å². The van der Waals surface area contributed by atoms with Crippen LogP contribution in [-0.4, -0.2) is 47.0 Å². The zero-order valence-electron chi connectivity index (χ0n) is 14.5. The Morgan fingerprint density at radius 3 is 2.78 bits per heavy atom. The molecular weight excluding hydrogens is 413 g/mol. The highest BCUT2D eigenvalue weighted by atomic mass is 35.5. The highest BCUT2D eigenvalue weighted by molar-refractivity contribution is 8.00. The maximum absolute atomic E-state index is 12.5. The lowest BCUT2D eigenvalue weighted by atomic mass is 10.0. The predicted molar refractivity (Wildman–Crippen MR) is 104 cm³/mol. The second kappa shape index (κ2) is 7.61. The van der Waals surface area contributed by atoms with Crippen LogP contribution in [0.5, 0.6) is 0 Å². The Morgan fingerprint density at radius 2 is 2.11 bits per heavy atom. The zero-order valence-corrected chi connectivity index (χ0v) is 16.9. The largest absolute Gasteiger partial charge is 0.464 e. The van der Waals surface area contributed by atoms with Gasteiger partial charge in [-0.25, -0.2) is 4.79 Å². The third-order valence-electron chi connectivity index (χ3n) is 4.41. The van der Waals surface area contributed by atoms with Crippen molar-refractivity contribution < 1.29 is 19.1 Å². The van der Waals surface area contributed by atoms with Crippen LogP contribution in [0.2, 0.25) is 10.0 Å². The van der Waals surface area contributed by atoms with Crippen molar-refractivity contribution in [3.63, 3.8) is 0 Å². The maximum atomic E-state index is 12.5. The number of methoxy groups -OCH3 is 1. The second-order valence-electron chi connectivity index (χ2n) is 6.18. The molecule has 2 unspecified atom stereocenters. The Balaban J connectivity index is 1.72. The van der Waals surface area contributed by atoms with Gasteiger partial charge in [-0.15, -0.1) is 11.8 Å². The Hall–Kier alpha value is -1.90. The van der Waals surface area contributed by atoms with Gasteiger partial charge in [0.1, 0.15) is 17.1 Å². The van der Waals surface area contributed by atoms with Crippen LogP contribution in [0.3, 0.4) is 0 Å². The summed E-state index contributed by atoms with van der Waals surface area (Å²) in [6, 6.07) is 2.39. The van der Waals surface area contributed by atoms with Gasteiger partial charge in [-0.05, 0) is 24.6 Å². The van der Waals surface area contributed by atoms with Crippen molar-refractivity contribution in [2.24, 2.45) is 0 Å². The molecule has 2 aliphatic heterocycles. The van der Waals surface area contributed by atoms with Crippen LogP contribution in [-0.2, 0) is 25.5 Å². The summed E-state index contributed by atoms with van der Waals surface area (Å²) in [5.74, 6) is -0.758. The summed E-state index contributed by atoms with van der Waals surface area (Å²) in [4.78, 5) is 38.3. The molecule has 144 valence electrons. The number of hydrogen-bond acceptors (Lipinski definition) is 6. The lowest BCUT2D eigenvalue weighted by Gasteiger charge is -2.49. The molecular formula is C17H17Cl2N3O4S. The average Bonchev–Trinajstić information content (AvgIpc) is 2.65. The number of rotatable bonds is 4. The van der Waals surface area contributed by atoms with E-state index in [1.807, 2.05) is 0 Å². The van der Waals surface area contributed by atoms with Gasteiger partial charge in [0.2, 0.25) is 5.91 Å². The molecule has 3 N–H and O–H groups in total. The van der Waals surface area contributed by atoms with Gasteiger partial charge in [0.15, 0.2) is 0 Å². The number of esters is 1. The molecule has 3 rings (SSSR count).